The average Bonchev–Trinajstić information content (AvgIpc) is 2.79. The second-order valence-electron chi connectivity index (χ2n) is 5.83. The highest BCUT2D eigenvalue weighted by Crippen LogP contribution is 2.14. The number of aromatic nitrogens is 2. The highest BCUT2D eigenvalue weighted by atomic mass is 15.3. The van der Waals surface area contributed by atoms with Gasteiger partial charge in [-0.15, -0.1) is 0 Å². The van der Waals surface area contributed by atoms with E-state index < -0.39 is 0 Å². The Morgan fingerprint density at radius 1 is 1.21 bits per heavy atom. The molecular formula is C16H31N3. The summed E-state index contributed by atoms with van der Waals surface area (Å²) >= 11 is 0. The molecular weight excluding hydrogens is 234 g/mol. The largest absolute Gasteiger partial charge is 0.316 e. The Labute approximate surface area is 118 Å². The molecule has 1 atom stereocenters. The lowest BCUT2D eigenvalue weighted by Gasteiger charge is -2.17. The van der Waals surface area contributed by atoms with Crippen LogP contribution in [0.25, 0.3) is 0 Å². The lowest BCUT2D eigenvalue weighted by atomic mass is 9.99. The Morgan fingerprint density at radius 2 is 1.95 bits per heavy atom. The first-order chi connectivity index (χ1) is 9.10. The fourth-order valence-corrected chi connectivity index (χ4v) is 2.36. The van der Waals surface area contributed by atoms with Crippen LogP contribution in [-0.4, -0.2) is 22.9 Å². The summed E-state index contributed by atoms with van der Waals surface area (Å²) in [6, 6.07) is 2.29. The van der Waals surface area contributed by atoms with Gasteiger partial charge in [0, 0.05) is 12.2 Å². The minimum atomic E-state index is 0.713. The molecule has 1 heterocycles. The summed E-state index contributed by atoms with van der Waals surface area (Å²) in [5.74, 6) is 1.44. The van der Waals surface area contributed by atoms with E-state index in [-0.39, 0.29) is 0 Å². The topological polar surface area (TPSA) is 29.9 Å². The molecule has 0 aliphatic rings. The third-order valence-electron chi connectivity index (χ3n) is 3.64. The first-order valence-corrected chi connectivity index (χ1v) is 7.86. The predicted octanol–water partition coefficient (Wildman–Crippen LogP) is 3.28. The van der Waals surface area contributed by atoms with Gasteiger partial charge in [0.25, 0.3) is 0 Å². The van der Waals surface area contributed by atoms with Crippen LogP contribution in [0, 0.1) is 11.8 Å². The molecule has 0 fully saturated rings. The van der Waals surface area contributed by atoms with Crippen molar-refractivity contribution in [2.24, 2.45) is 11.8 Å². The van der Waals surface area contributed by atoms with E-state index in [1.165, 1.54) is 17.8 Å². The van der Waals surface area contributed by atoms with Crippen molar-refractivity contribution in [2.75, 3.05) is 13.1 Å². The molecule has 1 aromatic heterocycles. The summed E-state index contributed by atoms with van der Waals surface area (Å²) in [6.07, 6.45) is 3.40. The fraction of sp³-hybridized carbons (Fsp3) is 0.812. The van der Waals surface area contributed by atoms with Gasteiger partial charge in [-0.1, -0.05) is 34.1 Å². The molecule has 3 nitrogen and oxygen atoms in total. The zero-order valence-corrected chi connectivity index (χ0v) is 13.4. The zero-order chi connectivity index (χ0) is 14.3. The van der Waals surface area contributed by atoms with E-state index in [1.54, 1.807) is 0 Å². The van der Waals surface area contributed by atoms with Crippen LogP contribution in [0.5, 0.6) is 0 Å². The van der Waals surface area contributed by atoms with E-state index in [4.69, 9.17) is 0 Å². The minimum absolute atomic E-state index is 0.713. The van der Waals surface area contributed by atoms with Gasteiger partial charge in [-0.05, 0) is 50.8 Å². The Morgan fingerprint density at radius 3 is 2.47 bits per heavy atom. The lowest BCUT2D eigenvalue weighted by Crippen LogP contribution is -2.27. The molecule has 0 aliphatic heterocycles. The Bertz CT molecular complexity index is 355. The minimum Gasteiger partial charge on any atom is -0.316 e. The molecule has 0 aliphatic carbocycles. The standard InChI is InChI=1S/C16H31N3/c1-6-14(12-17-11-13(4)5)9-16-10-15(7-2)18-19(16)8-3/h10,13-14,17H,6-9,11-12H2,1-5H3. The molecule has 0 radical (unpaired) electrons. The van der Waals surface area contributed by atoms with Crippen molar-refractivity contribution in [1.29, 1.82) is 0 Å². The van der Waals surface area contributed by atoms with Gasteiger partial charge in [0.1, 0.15) is 0 Å². The van der Waals surface area contributed by atoms with E-state index in [9.17, 15) is 0 Å². The number of hydrogen-bond acceptors (Lipinski definition) is 2. The van der Waals surface area contributed by atoms with Crippen LogP contribution in [-0.2, 0) is 19.4 Å². The second kappa shape index (κ2) is 8.36. The molecule has 0 amide bonds. The molecule has 0 spiro atoms. The summed E-state index contributed by atoms with van der Waals surface area (Å²) in [6.45, 7) is 14.4. The molecule has 19 heavy (non-hydrogen) atoms. The predicted molar refractivity (Wildman–Crippen MR) is 82.5 cm³/mol. The number of rotatable bonds is 9. The molecule has 0 bridgehead atoms. The summed E-state index contributed by atoms with van der Waals surface area (Å²) in [7, 11) is 0. The third-order valence-corrected chi connectivity index (χ3v) is 3.64. The smallest absolute Gasteiger partial charge is 0.0624 e. The molecule has 1 unspecified atom stereocenters. The summed E-state index contributed by atoms with van der Waals surface area (Å²) in [4.78, 5) is 0. The van der Waals surface area contributed by atoms with Gasteiger partial charge in [-0.3, -0.25) is 4.68 Å². The molecule has 3 heteroatoms. The number of hydrogen-bond donors (Lipinski definition) is 1. The van der Waals surface area contributed by atoms with Crippen molar-refractivity contribution in [3.8, 4) is 0 Å². The molecule has 1 N–H and O–H groups in total. The van der Waals surface area contributed by atoms with Crippen LogP contribution < -0.4 is 5.32 Å². The van der Waals surface area contributed by atoms with Crippen molar-refractivity contribution in [3.63, 3.8) is 0 Å². The third kappa shape index (κ3) is 5.35. The monoisotopic (exact) mass is 265 g/mol. The van der Waals surface area contributed by atoms with Gasteiger partial charge in [-0.2, -0.15) is 5.10 Å². The Kier molecular flexibility index (Phi) is 7.14. The molecule has 1 aromatic rings. The van der Waals surface area contributed by atoms with E-state index in [0.29, 0.717) is 5.92 Å². The molecule has 110 valence electrons. The van der Waals surface area contributed by atoms with E-state index in [1.807, 2.05) is 0 Å². The Balaban J connectivity index is 2.56. The Hall–Kier alpha value is -0.830. The van der Waals surface area contributed by atoms with Crippen molar-refractivity contribution in [1.82, 2.24) is 15.1 Å². The highest BCUT2D eigenvalue weighted by molar-refractivity contribution is 5.11. The maximum absolute atomic E-state index is 4.64. The van der Waals surface area contributed by atoms with Gasteiger partial charge in [0.15, 0.2) is 0 Å². The van der Waals surface area contributed by atoms with Gasteiger partial charge >= 0.3 is 0 Å². The zero-order valence-electron chi connectivity index (χ0n) is 13.4. The van der Waals surface area contributed by atoms with Crippen LogP contribution in [0.1, 0.15) is 52.4 Å². The highest BCUT2D eigenvalue weighted by Gasteiger charge is 2.12. The van der Waals surface area contributed by atoms with Gasteiger partial charge < -0.3 is 5.32 Å². The van der Waals surface area contributed by atoms with E-state index in [0.717, 1.165) is 38.4 Å². The molecule has 0 saturated heterocycles. The number of nitrogens with zero attached hydrogens (tertiary/aromatic N) is 2. The van der Waals surface area contributed by atoms with E-state index in [2.05, 4.69) is 55.8 Å². The number of nitrogens with one attached hydrogen (secondary N) is 1. The van der Waals surface area contributed by atoms with Crippen LogP contribution in [0.2, 0.25) is 0 Å². The molecule has 0 aromatic carbocycles. The maximum Gasteiger partial charge on any atom is 0.0624 e. The van der Waals surface area contributed by atoms with Crippen LogP contribution in [0.15, 0.2) is 6.07 Å². The SMILES string of the molecule is CCc1cc(CC(CC)CNCC(C)C)n(CC)n1. The fourth-order valence-electron chi connectivity index (χ4n) is 2.36. The quantitative estimate of drug-likeness (QED) is 0.742. The van der Waals surface area contributed by atoms with Crippen LogP contribution >= 0.6 is 0 Å². The van der Waals surface area contributed by atoms with Gasteiger partial charge in [0.05, 0.1) is 5.69 Å². The first-order valence-electron chi connectivity index (χ1n) is 7.86. The molecule has 1 rings (SSSR count). The van der Waals surface area contributed by atoms with Gasteiger partial charge in [0.2, 0.25) is 0 Å². The van der Waals surface area contributed by atoms with Crippen molar-refractivity contribution >= 4 is 0 Å². The number of aryl methyl sites for hydroxylation is 2. The van der Waals surface area contributed by atoms with Crippen molar-refractivity contribution in [2.45, 2.75) is 60.4 Å². The summed E-state index contributed by atoms with van der Waals surface area (Å²) in [5.41, 5.74) is 2.62. The maximum atomic E-state index is 4.64. The van der Waals surface area contributed by atoms with Crippen LogP contribution in [0.4, 0.5) is 0 Å². The lowest BCUT2D eigenvalue weighted by molar-refractivity contribution is 0.425. The molecule has 0 saturated carbocycles. The normalized spacial score (nSPS) is 13.2. The van der Waals surface area contributed by atoms with E-state index >= 15 is 0 Å². The van der Waals surface area contributed by atoms with Gasteiger partial charge in [-0.25, -0.2) is 0 Å². The first kappa shape index (κ1) is 16.2. The summed E-state index contributed by atoms with van der Waals surface area (Å²) in [5, 5.41) is 8.22. The van der Waals surface area contributed by atoms with Crippen LogP contribution in [0.3, 0.4) is 0 Å². The van der Waals surface area contributed by atoms with Crippen molar-refractivity contribution < 1.29 is 0 Å². The second-order valence-corrected chi connectivity index (χ2v) is 5.83. The summed E-state index contributed by atoms with van der Waals surface area (Å²) < 4.78 is 2.17. The average molecular weight is 265 g/mol. The van der Waals surface area contributed by atoms with Crippen molar-refractivity contribution in [3.05, 3.63) is 17.5 Å².